The first-order valence-corrected chi connectivity index (χ1v) is 8.65. The lowest BCUT2D eigenvalue weighted by molar-refractivity contribution is 0.533. The van der Waals surface area contributed by atoms with Gasteiger partial charge in [-0.2, -0.15) is 4.52 Å². The minimum Gasteiger partial charge on any atom is -0.356 e. The second kappa shape index (κ2) is 5.37. The summed E-state index contributed by atoms with van der Waals surface area (Å²) < 4.78 is 1.82. The zero-order valence-corrected chi connectivity index (χ0v) is 14.4. The van der Waals surface area contributed by atoms with E-state index in [0.717, 1.165) is 55.0 Å². The smallest absolute Gasteiger partial charge is 0.178 e. The Morgan fingerprint density at radius 1 is 0.880 bits per heavy atom. The standard InChI is InChI=1S/C17H20N8/c1-11-5-17(19-10-18-11)24-8-13-6-23(7-14(13)9-24)16-4-3-15-21-20-12(2)25(15)22-16/h3-5,10,13-14H,6-9H2,1-2H3. The summed E-state index contributed by atoms with van der Waals surface area (Å²) in [6.07, 6.45) is 1.66. The van der Waals surface area contributed by atoms with Gasteiger partial charge in [-0.1, -0.05) is 0 Å². The molecular formula is C17H20N8. The topological polar surface area (TPSA) is 75.3 Å². The van der Waals surface area contributed by atoms with Gasteiger partial charge in [0.25, 0.3) is 0 Å². The summed E-state index contributed by atoms with van der Waals surface area (Å²) in [7, 11) is 0. The Bertz CT molecular complexity index is 921. The van der Waals surface area contributed by atoms with Crippen molar-refractivity contribution in [2.45, 2.75) is 13.8 Å². The molecule has 0 bridgehead atoms. The summed E-state index contributed by atoms with van der Waals surface area (Å²) >= 11 is 0. The highest BCUT2D eigenvalue weighted by Crippen LogP contribution is 2.35. The molecule has 0 amide bonds. The third-order valence-corrected chi connectivity index (χ3v) is 5.33. The second-order valence-electron chi connectivity index (χ2n) is 7.06. The van der Waals surface area contributed by atoms with Gasteiger partial charge in [-0.15, -0.1) is 15.3 Å². The quantitative estimate of drug-likeness (QED) is 0.694. The van der Waals surface area contributed by atoms with Crippen LogP contribution in [0.5, 0.6) is 0 Å². The fourth-order valence-electron chi connectivity index (χ4n) is 4.04. The average Bonchev–Trinajstić information content (AvgIpc) is 3.28. The van der Waals surface area contributed by atoms with Crippen LogP contribution in [0, 0.1) is 25.7 Å². The van der Waals surface area contributed by atoms with Crippen LogP contribution in [0.1, 0.15) is 11.5 Å². The first-order valence-electron chi connectivity index (χ1n) is 8.65. The third-order valence-electron chi connectivity index (χ3n) is 5.33. The van der Waals surface area contributed by atoms with Crippen LogP contribution in [0.2, 0.25) is 0 Å². The normalized spacial score (nSPS) is 22.8. The van der Waals surface area contributed by atoms with Crippen molar-refractivity contribution in [2.75, 3.05) is 36.0 Å². The summed E-state index contributed by atoms with van der Waals surface area (Å²) in [6, 6.07) is 6.12. The van der Waals surface area contributed by atoms with Crippen LogP contribution in [-0.4, -0.2) is 56.0 Å². The van der Waals surface area contributed by atoms with Crippen molar-refractivity contribution in [3.05, 3.63) is 36.0 Å². The summed E-state index contributed by atoms with van der Waals surface area (Å²) in [4.78, 5) is 13.4. The van der Waals surface area contributed by atoms with E-state index in [9.17, 15) is 0 Å². The molecule has 2 unspecified atom stereocenters. The number of hydrogen-bond donors (Lipinski definition) is 0. The van der Waals surface area contributed by atoms with Crippen LogP contribution in [0.15, 0.2) is 24.5 Å². The molecule has 25 heavy (non-hydrogen) atoms. The first-order chi connectivity index (χ1) is 12.2. The monoisotopic (exact) mass is 336 g/mol. The number of rotatable bonds is 2. The predicted octanol–water partition coefficient (Wildman–Crippen LogP) is 1.10. The fraction of sp³-hybridized carbons (Fsp3) is 0.471. The molecule has 8 heteroatoms. The van der Waals surface area contributed by atoms with E-state index >= 15 is 0 Å². The zero-order chi connectivity index (χ0) is 17.0. The Morgan fingerprint density at radius 3 is 2.32 bits per heavy atom. The van der Waals surface area contributed by atoms with E-state index in [-0.39, 0.29) is 0 Å². The van der Waals surface area contributed by atoms with Gasteiger partial charge in [0.2, 0.25) is 0 Å². The molecule has 0 radical (unpaired) electrons. The maximum atomic E-state index is 4.72. The van der Waals surface area contributed by atoms with Crippen molar-refractivity contribution >= 4 is 17.3 Å². The van der Waals surface area contributed by atoms with Crippen LogP contribution in [-0.2, 0) is 0 Å². The molecule has 128 valence electrons. The van der Waals surface area contributed by atoms with Gasteiger partial charge in [0.15, 0.2) is 11.5 Å². The average molecular weight is 336 g/mol. The minimum atomic E-state index is 0.648. The Labute approximate surface area is 145 Å². The van der Waals surface area contributed by atoms with Gasteiger partial charge in [0.1, 0.15) is 18.0 Å². The molecule has 3 aromatic rings. The lowest BCUT2D eigenvalue weighted by Crippen LogP contribution is -2.30. The van der Waals surface area contributed by atoms with Gasteiger partial charge in [-0.25, -0.2) is 9.97 Å². The molecule has 8 nitrogen and oxygen atoms in total. The highest BCUT2D eigenvalue weighted by atomic mass is 15.4. The van der Waals surface area contributed by atoms with E-state index in [1.54, 1.807) is 6.33 Å². The maximum Gasteiger partial charge on any atom is 0.178 e. The van der Waals surface area contributed by atoms with Gasteiger partial charge < -0.3 is 9.80 Å². The number of fused-ring (bicyclic) bond motifs is 2. The Kier molecular flexibility index (Phi) is 3.13. The van der Waals surface area contributed by atoms with Crippen molar-refractivity contribution < 1.29 is 0 Å². The molecule has 2 aliphatic heterocycles. The van der Waals surface area contributed by atoms with E-state index in [2.05, 4.69) is 42.1 Å². The number of hydrogen-bond acceptors (Lipinski definition) is 7. The molecule has 2 saturated heterocycles. The Morgan fingerprint density at radius 2 is 1.60 bits per heavy atom. The molecule has 0 saturated carbocycles. The highest BCUT2D eigenvalue weighted by Gasteiger charge is 2.41. The number of aromatic nitrogens is 6. The maximum absolute atomic E-state index is 4.72. The Balaban J connectivity index is 1.34. The van der Waals surface area contributed by atoms with E-state index in [4.69, 9.17) is 5.10 Å². The molecule has 0 spiro atoms. The zero-order valence-electron chi connectivity index (χ0n) is 14.4. The van der Waals surface area contributed by atoms with Crippen molar-refractivity contribution in [3.8, 4) is 0 Å². The molecule has 2 atom stereocenters. The lowest BCUT2D eigenvalue weighted by atomic mass is 10.0. The van der Waals surface area contributed by atoms with Crippen LogP contribution in [0.25, 0.3) is 5.65 Å². The molecule has 3 aromatic heterocycles. The molecular weight excluding hydrogens is 316 g/mol. The minimum absolute atomic E-state index is 0.648. The molecule has 2 fully saturated rings. The van der Waals surface area contributed by atoms with Crippen LogP contribution in [0.3, 0.4) is 0 Å². The first kappa shape index (κ1) is 14.6. The van der Waals surface area contributed by atoms with Crippen molar-refractivity contribution in [3.63, 3.8) is 0 Å². The summed E-state index contributed by atoms with van der Waals surface area (Å²) in [5.41, 5.74) is 1.82. The number of aryl methyl sites for hydroxylation is 2. The third kappa shape index (κ3) is 2.40. The number of nitrogens with zero attached hydrogens (tertiary/aromatic N) is 8. The van der Waals surface area contributed by atoms with Gasteiger partial charge >= 0.3 is 0 Å². The van der Waals surface area contributed by atoms with E-state index in [0.29, 0.717) is 11.8 Å². The summed E-state index contributed by atoms with van der Waals surface area (Å²) in [5.74, 6) is 4.17. The molecule has 0 aromatic carbocycles. The largest absolute Gasteiger partial charge is 0.356 e. The Hall–Kier alpha value is -2.77. The van der Waals surface area contributed by atoms with Crippen molar-refractivity contribution in [1.29, 1.82) is 0 Å². The summed E-state index contributed by atoms with van der Waals surface area (Å²) in [6.45, 7) is 8.10. The van der Waals surface area contributed by atoms with Gasteiger partial charge in [0, 0.05) is 49.8 Å². The van der Waals surface area contributed by atoms with Crippen LogP contribution in [0.4, 0.5) is 11.6 Å². The SMILES string of the molecule is Cc1cc(N2CC3CN(c4ccc5nnc(C)n5n4)CC3C2)ncn1. The van der Waals surface area contributed by atoms with Crippen molar-refractivity contribution in [2.24, 2.45) is 11.8 Å². The van der Waals surface area contributed by atoms with Gasteiger partial charge in [0.05, 0.1) is 0 Å². The lowest BCUT2D eigenvalue weighted by Gasteiger charge is -2.23. The van der Waals surface area contributed by atoms with E-state index in [1.165, 1.54) is 0 Å². The highest BCUT2D eigenvalue weighted by molar-refractivity contribution is 5.48. The molecule has 5 heterocycles. The van der Waals surface area contributed by atoms with E-state index < -0.39 is 0 Å². The number of anilines is 2. The van der Waals surface area contributed by atoms with Crippen molar-refractivity contribution in [1.82, 2.24) is 29.8 Å². The summed E-state index contributed by atoms with van der Waals surface area (Å²) in [5, 5.41) is 12.9. The molecule has 0 aliphatic carbocycles. The van der Waals surface area contributed by atoms with Gasteiger partial charge in [-0.05, 0) is 26.0 Å². The second-order valence-corrected chi connectivity index (χ2v) is 7.06. The molecule has 0 N–H and O–H groups in total. The van der Waals surface area contributed by atoms with Gasteiger partial charge in [-0.3, -0.25) is 0 Å². The van der Waals surface area contributed by atoms with Crippen LogP contribution >= 0.6 is 0 Å². The van der Waals surface area contributed by atoms with Crippen LogP contribution < -0.4 is 9.80 Å². The fourth-order valence-corrected chi connectivity index (χ4v) is 4.04. The molecule has 2 aliphatic rings. The predicted molar refractivity (Wildman–Crippen MR) is 93.7 cm³/mol. The molecule has 5 rings (SSSR count). The van der Waals surface area contributed by atoms with E-state index in [1.807, 2.05) is 24.4 Å².